The molecule has 0 aliphatic rings. The van der Waals surface area contributed by atoms with Crippen molar-refractivity contribution in [1.82, 2.24) is 0 Å². The number of phenols is 1. The number of carboxylic acids is 1. The van der Waals surface area contributed by atoms with Crippen LogP contribution in [0.2, 0.25) is 0 Å². The molecule has 2 rings (SSSR count). The fourth-order valence-corrected chi connectivity index (χ4v) is 2.03. The number of halogens is 2. The molecule has 0 heterocycles. The first-order valence-electron chi connectivity index (χ1n) is 5.71. The van der Waals surface area contributed by atoms with Gasteiger partial charge in [0.15, 0.2) is 0 Å². The fraction of sp³-hybridized carbons (Fsp3) is 0. The molecule has 0 aromatic heterocycles. The highest BCUT2D eigenvalue weighted by atomic mass is 79.9. The molecule has 0 aliphatic carbocycles. The molecule has 1 amide bonds. The number of carbonyl (C=O) groups is 2. The number of benzene rings is 2. The Kier molecular flexibility index (Phi) is 4.23. The molecule has 0 saturated heterocycles. The maximum atomic E-state index is 13.1. The molecule has 0 saturated carbocycles. The molecule has 0 radical (unpaired) electrons. The van der Waals surface area contributed by atoms with E-state index in [9.17, 15) is 19.1 Å². The van der Waals surface area contributed by atoms with Gasteiger partial charge in [-0.25, -0.2) is 9.18 Å². The van der Waals surface area contributed by atoms with E-state index in [1.54, 1.807) is 0 Å². The zero-order chi connectivity index (χ0) is 15.6. The van der Waals surface area contributed by atoms with Crippen molar-refractivity contribution in [2.75, 3.05) is 5.32 Å². The number of anilines is 1. The third kappa shape index (κ3) is 3.38. The summed E-state index contributed by atoms with van der Waals surface area (Å²) in [5, 5.41) is 20.7. The van der Waals surface area contributed by atoms with Gasteiger partial charge in [0.25, 0.3) is 5.91 Å². The van der Waals surface area contributed by atoms with E-state index in [0.29, 0.717) is 0 Å². The van der Waals surface area contributed by atoms with Crippen molar-refractivity contribution in [2.45, 2.75) is 0 Å². The second-order valence-corrected chi connectivity index (χ2v) is 4.97. The normalized spacial score (nSPS) is 10.2. The van der Waals surface area contributed by atoms with E-state index in [2.05, 4.69) is 21.2 Å². The highest BCUT2D eigenvalue weighted by molar-refractivity contribution is 9.10. The van der Waals surface area contributed by atoms with Gasteiger partial charge < -0.3 is 15.5 Å². The number of hydrogen-bond donors (Lipinski definition) is 3. The first-order chi connectivity index (χ1) is 9.88. The van der Waals surface area contributed by atoms with E-state index >= 15 is 0 Å². The second-order valence-electron chi connectivity index (χ2n) is 4.12. The zero-order valence-electron chi connectivity index (χ0n) is 10.4. The molecule has 2 aromatic rings. The van der Waals surface area contributed by atoms with Gasteiger partial charge in [0.2, 0.25) is 0 Å². The molecular formula is C14H9BrFNO4. The molecule has 0 bridgehead atoms. The largest absolute Gasteiger partial charge is 0.508 e. The van der Waals surface area contributed by atoms with Crippen LogP contribution in [0.5, 0.6) is 5.75 Å². The van der Waals surface area contributed by atoms with E-state index in [-0.39, 0.29) is 27.0 Å². The third-order valence-corrected chi connectivity index (χ3v) is 3.27. The number of carboxylic acid groups (broad SMARTS) is 1. The molecule has 0 aliphatic heterocycles. The lowest BCUT2D eigenvalue weighted by molar-refractivity contribution is 0.0697. The minimum absolute atomic E-state index is 0.0331. The maximum Gasteiger partial charge on any atom is 0.337 e. The van der Waals surface area contributed by atoms with Crippen LogP contribution in [0.3, 0.4) is 0 Å². The zero-order valence-corrected chi connectivity index (χ0v) is 12.0. The van der Waals surface area contributed by atoms with Crippen molar-refractivity contribution in [3.63, 3.8) is 0 Å². The summed E-state index contributed by atoms with van der Waals surface area (Å²) < 4.78 is 13.2. The summed E-state index contributed by atoms with van der Waals surface area (Å²) in [6, 6.07) is 7.23. The van der Waals surface area contributed by atoms with Gasteiger partial charge in [0.05, 0.1) is 15.7 Å². The van der Waals surface area contributed by atoms with Gasteiger partial charge in [-0.1, -0.05) is 0 Å². The fourth-order valence-electron chi connectivity index (χ4n) is 1.65. The Bertz CT molecular complexity index is 733. The SMILES string of the molecule is O=C(Nc1ccc(O)cc1C(=O)O)c1ccc(F)c(Br)c1. The van der Waals surface area contributed by atoms with E-state index in [0.717, 1.165) is 12.1 Å². The number of amides is 1. The molecule has 0 atom stereocenters. The first-order valence-corrected chi connectivity index (χ1v) is 6.50. The van der Waals surface area contributed by atoms with E-state index in [1.807, 2.05) is 0 Å². The van der Waals surface area contributed by atoms with Crippen LogP contribution < -0.4 is 5.32 Å². The summed E-state index contributed by atoms with van der Waals surface area (Å²) in [5.41, 5.74) is -0.0528. The summed E-state index contributed by atoms with van der Waals surface area (Å²) in [6.45, 7) is 0. The van der Waals surface area contributed by atoms with Crippen LogP contribution in [0, 0.1) is 5.82 Å². The number of hydrogen-bond acceptors (Lipinski definition) is 3. The Hall–Kier alpha value is -2.41. The standard InChI is InChI=1S/C14H9BrFNO4/c15-10-5-7(1-3-11(10)16)13(19)17-12-4-2-8(18)6-9(12)14(20)21/h1-6,18H,(H,17,19)(H,20,21). The Morgan fingerprint density at radius 1 is 1.14 bits per heavy atom. The predicted octanol–water partition coefficient (Wildman–Crippen LogP) is 3.24. The average molecular weight is 354 g/mol. The molecule has 7 heteroatoms. The van der Waals surface area contributed by atoms with Crippen LogP contribution >= 0.6 is 15.9 Å². The van der Waals surface area contributed by atoms with Gasteiger partial charge in [0.1, 0.15) is 11.6 Å². The predicted molar refractivity (Wildman–Crippen MR) is 77.1 cm³/mol. The van der Waals surface area contributed by atoms with Crippen molar-refractivity contribution in [1.29, 1.82) is 0 Å². The number of nitrogens with one attached hydrogen (secondary N) is 1. The Labute approximate surface area is 127 Å². The highest BCUT2D eigenvalue weighted by Crippen LogP contribution is 2.23. The van der Waals surface area contributed by atoms with Crippen molar-refractivity contribution < 1.29 is 24.2 Å². The summed E-state index contributed by atoms with van der Waals surface area (Å²) in [4.78, 5) is 23.1. The molecule has 0 unspecified atom stereocenters. The van der Waals surface area contributed by atoms with Crippen LogP contribution in [-0.4, -0.2) is 22.1 Å². The van der Waals surface area contributed by atoms with E-state index in [4.69, 9.17) is 5.11 Å². The lowest BCUT2D eigenvalue weighted by atomic mass is 10.1. The summed E-state index contributed by atoms with van der Waals surface area (Å²) in [5.74, 6) is -2.62. The molecule has 5 nitrogen and oxygen atoms in total. The topological polar surface area (TPSA) is 86.6 Å². The smallest absolute Gasteiger partial charge is 0.337 e. The summed E-state index contributed by atoms with van der Waals surface area (Å²) in [7, 11) is 0. The van der Waals surface area contributed by atoms with Crippen molar-refractivity contribution in [3.8, 4) is 5.75 Å². The molecule has 0 spiro atoms. The minimum Gasteiger partial charge on any atom is -0.508 e. The van der Waals surface area contributed by atoms with Gasteiger partial charge in [-0.05, 0) is 52.3 Å². The summed E-state index contributed by atoms with van der Waals surface area (Å²) in [6.07, 6.45) is 0. The van der Waals surface area contributed by atoms with Gasteiger partial charge >= 0.3 is 5.97 Å². The van der Waals surface area contributed by atoms with Crippen LogP contribution in [0.1, 0.15) is 20.7 Å². The van der Waals surface area contributed by atoms with Crippen molar-refractivity contribution in [2.24, 2.45) is 0 Å². The quantitative estimate of drug-likeness (QED) is 0.739. The summed E-state index contributed by atoms with van der Waals surface area (Å²) >= 11 is 2.96. The second kappa shape index (κ2) is 5.92. The van der Waals surface area contributed by atoms with Crippen LogP contribution in [-0.2, 0) is 0 Å². The molecule has 21 heavy (non-hydrogen) atoms. The van der Waals surface area contributed by atoms with Gasteiger partial charge in [-0.3, -0.25) is 4.79 Å². The number of carbonyl (C=O) groups excluding carboxylic acids is 1. The Morgan fingerprint density at radius 2 is 1.86 bits per heavy atom. The number of rotatable bonds is 3. The third-order valence-electron chi connectivity index (χ3n) is 2.66. The van der Waals surface area contributed by atoms with Gasteiger partial charge in [-0.2, -0.15) is 0 Å². The minimum atomic E-state index is -1.29. The molecule has 2 aromatic carbocycles. The Morgan fingerprint density at radius 3 is 2.48 bits per heavy atom. The van der Waals surface area contributed by atoms with Crippen LogP contribution in [0.4, 0.5) is 10.1 Å². The number of aromatic hydroxyl groups is 1. The van der Waals surface area contributed by atoms with Gasteiger partial charge in [0, 0.05) is 5.56 Å². The number of phenolic OH excluding ortho intramolecular Hbond substituents is 1. The first kappa shape index (κ1) is 15.0. The van der Waals surface area contributed by atoms with E-state index in [1.165, 1.54) is 24.3 Å². The maximum absolute atomic E-state index is 13.1. The van der Waals surface area contributed by atoms with Crippen LogP contribution in [0.15, 0.2) is 40.9 Å². The molecule has 3 N–H and O–H groups in total. The monoisotopic (exact) mass is 353 g/mol. The lowest BCUT2D eigenvalue weighted by Crippen LogP contribution is -2.14. The highest BCUT2D eigenvalue weighted by Gasteiger charge is 2.15. The van der Waals surface area contributed by atoms with Crippen LogP contribution in [0.25, 0.3) is 0 Å². The van der Waals surface area contributed by atoms with Gasteiger partial charge in [-0.15, -0.1) is 0 Å². The van der Waals surface area contributed by atoms with E-state index < -0.39 is 17.7 Å². The number of aromatic carboxylic acids is 1. The molecule has 0 fully saturated rings. The molecule has 108 valence electrons. The Balaban J connectivity index is 2.31. The average Bonchev–Trinajstić information content (AvgIpc) is 2.43. The van der Waals surface area contributed by atoms with Crippen molar-refractivity contribution in [3.05, 3.63) is 57.8 Å². The lowest BCUT2D eigenvalue weighted by Gasteiger charge is -2.09. The molecular weight excluding hydrogens is 345 g/mol. The van der Waals surface area contributed by atoms with Crippen molar-refractivity contribution >= 4 is 33.5 Å².